The van der Waals surface area contributed by atoms with E-state index in [-0.39, 0.29) is 5.56 Å². The Morgan fingerprint density at radius 2 is 1.36 bits per heavy atom. The summed E-state index contributed by atoms with van der Waals surface area (Å²) in [6.45, 7) is 9.66. The Morgan fingerprint density at radius 1 is 0.833 bits per heavy atom. The van der Waals surface area contributed by atoms with Gasteiger partial charge in [-0.15, -0.1) is 0 Å². The van der Waals surface area contributed by atoms with Gasteiger partial charge in [-0.2, -0.15) is 0 Å². The van der Waals surface area contributed by atoms with E-state index in [9.17, 15) is 19.6 Å². The number of rotatable bonds is 9. The van der Waals surface area contributed by atoms with Crippen molar-refractivity contribution in [1.29, 1.82) is 0 Å². The standard InChI is InChI=1S/C32H37N5O5/c1-31(2,3)42-30(40)36-32(4,5)27(29(39)37-41)35-28(38)26-14-12-23(13-15-26)7-6-22-8-10-24(11-9-22)20-34-21-25-16-18-33-19-17-25/h8-19,27,34,41H,20-21H2,1-5H3,(H,35,38)(H,36,40)(H,37,39)/t27-/m1/s1. The summed E-state index contributed by atoms with van der Waals surface area (Å²) in [5.41, 5.74) is 3.62. The van der Waals surface area contributed by atoms with Gasteiger partial charge in [-0.25, -0.2) is 10.3 Å². The molecule has 10 heteroatoms. The summed E-state index contributed by atoms with van der Waals surface area (Å²) < 4.78 is 5.26. The van der Waals surface area contributed by atoms with Crippen LogP contribution in [0.25, 0.3) is 0 Å². The summed E-state index contributed by atoms with van der Waals surface area (Å²) in [4.78, 5) is 41.7. The number of carbonyl (C=O) groups excluding carboxylic acids is 3. The van der Waals surface area contributed by atoms with Gasteiger partial charge in [-0.1, -0.05) is 24.0 Å². The third kappa shape index (κ3) is 10.0. The Morgan fingerprint density at radius 3 is 1.88 bits per heavy atom. The Hall–Kier alpha value is -4.72. The van der Waals surface area contributed by atoms with Crippen molar-refractivity contribution >= 4 is 17.9 Å². The van der Waals surface area contributed by atoms with E-state index in [1.165, 1.54) is 19.4 Å². The van der Waals surface area contributed by atoms with Gasteiger partial charge in [0.05, 0.1) is 5.54 Å². The SMILES string of the molecule is CC(C)(C)OC(=O)NC(C)(C)[C@H](NC(=O)c1ccc(C#Cc2ccc(CNCc3ccncc3)cc2)cc1)C(=O)NO. The van der Waals surface area contributed by atoms with Crippen LogP contribution in [0.1, 0.15) is 67.2 Å². The number of aromatic nitrogens is 1. The first-order chi connectivity index (χ1) is 19.9. The molecule has 2 aromatic carbocycles. The minimum absolute atomic E-state index is 0.271. The number of amides is 3. The van der Waals surface area contributed by atoms with E-state index >= 15 is 0 Å². The van der Waals surface area contributed by atoms with E-state index in [4.69, 9.17) is 4.74 Å². The maximum absolute atomic E-state index is 13.0. The molecule has 10 nitrogen and oxygen atoms in total. The highest BCUT2D eigenvalue weighted by Gasteiger charge is 2.39. The number of hydrogen-bond donors (Lipinski definition) is 5. The summed E-state index contributed by atoms with van der Waals surface area (Å²) in [7, 11) is 0. The van der Waals surface area contributed by atoms with E-state index in [0.29, 0.717) is 5.56 Å². The number of ether oxygens (including phenoxy) is 1. The molecule has 3 aromatic rings. The molecule has 3 rings (SSSR count). The second kappa shape index (κ2) is 14.3. The summed E-state index contributed by atoms with van der Waals surface area (Å²) in [5, 5.41) is 17.8. The quantitative estimate of drug-likeness (QED) is 0.150. The molecular formula is C32H37N5O5. The van der Waals surface area contributed by atoms with Crippen molar-refractivity contribution in [2.24, 2.45) is 0 Å². The van der Waals surface area contributed by atoms with Crippen LogP contribution >= 0.6 is 0 Å². The zero-order valence-corrected chi connectivity index (χ0v) is 24.4. The van der Waals surface area contributed by atoms with Crippen LogP contribution < -0.4 is 21.4 Å². The molecule has 0 aliphatic carbocycles. The number of hydroxylamine groups is 1. The van der Waals surface area contributed by atoms with Gasteiger partial charge >= 0.3 is 6.09 Å². The number of carbonyl (C=O) groups is 3. The summed E-state index contributed by atoms with van der Waals surface area (Å²) in [6, 6.07) is 17.2. The smallest absolute Gasteiger partial charge is 0.408 e. The fourth-order valence-electron chi connectivity index (χ4n) is 3.90. The van der Waals surface area contributed by atoms with E-state index in [1.807, 2.05) is 36.4 Å². The molecule has 0 radical (unpaired) electrons. The molecule has 42 heavy (non-hydrogen) atoms. The van der Waals surface area contributed by atoms with E-state index < -0.39 is 35.1 Å². The molecule has 1 aromatic heterocycles. The fourth-order valence-corrected chi connectivity index (χ4v) is 3.90. The van der Waals surface area contributed by atoms with Gasteiger partial charge in [-0.3, -0.25) is 19.8 Å². The topological polar surface area (TPSA) is 142 Å². The lowest BCUT2D eigenvalue weighted by molar-refractivity contribution is -0.132. The second-order valence-electron chi connectivity index (χ2n) is 11.2. The van der Waals surface area contributed by atoms with Crippen LogP contribution in [0.5, 0.6) is 0 Å². The molecule has 0 spiro atoms. The van der Waals surface area contributed by atoms with Gasteiger partial charge in [0.15, 0.2) is 0 Å². The first-order valence-electron chi connectivity index (χ1n) is 13.4. The number of nitrogens with zero attached hydrogens (tertiary/aromatic N) is 1. The summed E-state index contributed by atoms with van der Waals surface area (Å²) in [6.07, 6.45) is 2.78. The lowest BCUT2D eigenvalue weighted by Gasteiger charge is -2.34. The monoisotopic (exact) mass is 571 g/mol. The largest absolute Gasteiger partial charge is 0.444 e. The minimum atomic E-state index is -1.31. The van der Waals surface area contributed by atoms with Crippen LogP contribution in [0.15, 0.2) is 73.1 Å². The highest BCUT2D eigenvalue weighted by molar-refractivity contribution is 5.98. The number of nitrogens with one attached hydrogen (secondary N) is 4. The molecule has 0 saturated carbocycles. The molecule has 220 valence electrons. The number of benzene rings is 2. The Balaban J connectivity index is 1.59. The van der Waals surface area contributed by atoms with Crippen molar-refractivity contribution in [3.8, 4) is 11.8 Å². The average molecular weight is 572 g/mol. The van der Waals surface area contributed by atoms with Crippen molar-refractivity contribution in [2.75, 3.05) is 0 Å². The molecule has 1 heterocycles. The predicted molar refractivity (Wildman–Crippen MR) is 158 cm³/mol. The number of hydrogen-bond acceptors (Lipinski definition) is 7. The Bertz CT molecular complexity index is 1420. The van der Waals surface area contributed by atoms with Crippen LogP contribution in [-0.4, -0.2) is 45.3 Å². The van der Waals surface area contributed by atoms with Crippen LogP contribution in [0.2, 0.25) is 0 Å². The van der Waals surface area contributed by atoms with Gasteiger partial charge in [0.25, 0.3) is 11.8 Å². The Labute approximate surface area is 246 Å². The Kier molecular flexibility index (Phi) is 10.8. The molecule has 0 fully saturated rings. The maximum Gasteiger partial charge on any atom is 0.408 e. The summed E-state index contributed by atoms with van der Waals surface area (Å²) >= 11 is 0. The van der Waals surface area contributed by atoms with Crippen molar-refractivity contribution in [1.82, 2.24) is 26.4 Å². The average Bonchev–Trinajstić information content (AvgIpc) is 2.94. The highest BCUT2D eigenvalue weighted by atomic mass is 16.6. The van der Waals surface area contributed by atoms with Crippen LogP contribution in [0.3, 0.4) is 0 Å². The minimum Gasteiger partial charge on any atom is -0.444 e. The molecule has 0 bridgehead atoms. The van der Waals surface area contributed by atoms with Crippen molar-refractivity contribution in [2.45, 2.75) is 64.9 Å². The number of alkyl carbamates (subject to hydrolysis) is 1. The van der Waals surface area contributed by atoms with Gasteiger partial charge < -0.3 is 20.7 Å². The number of pyridine rings is 1. The van der Waals surface area contributed by atoms with Crippen LogP contribution in [-0.2, 0) is 22.6 Å². The van der Waals surface area contributed by atoms with Gasteiger partial charge in [0, 0.05) is 42.2 Å². The van der Waals surface area contributed by atoms with Crippen molar-refractivity contribution < 1.29 is 24.3 Å². The molecule has 0 saturated heterocycles. The first kappa shape index (κ1) is 31.8. The lowest BCUT2D eigenvalue weighted by Crippen LogP contribution is -2.64. The summed E-state index contributed by atoms with van der Waals surface area (Å²) in [5.74, 6) is 4.72. The molecule has 0 aliphatic rings. The first-order valence-corrected chi connectivity index (χ1v) is 13.4. The molecule has 5 N–H and O–H groups in total. The van der Waals surface area contributed by atoms with E-state index in [0.717, 1.165) is 24.2 Å². The van der Waals surface area contributed by atoms with Gasteiger partial charge in [0.1, 0.15) is 11.6 Å². The molecular weight excluding hydrogens is 534 g/mol. The zero-order chi connectivity index (χ0) is 30.8. The van der Waals surface area contributed by atoms with Crippen LogP contribution in [0.4, 0.5) is 4.79 Å². The van der Waals surface area contributed by atoms with Crippen LogP contribution in [0, 0.1) is 11.8 Å². The van der Waals surface area contributed by atoms with Crippen molar-refractivity contribution in [3.63, 3.8) is 0 Å². The third-order valence-electron chi connectivity index (χ3n) is 6.05. The van der Waals surface area contributed by atoms with Gasteiger partial charge in [-0.05, 0) is 94.3 Å². The highest BCUT2D eigenvalue weighted by Crippen LogP contribution is 2.15. The molecule has 0 aliphatic heterocycles. The predicted octanol–water partition coefficient (Wildman–Crippen LogP) is 3.68. The molecule has 1 atom stereocenters. The zero-order valence-electron chi connectivity index (χ0n) is 24.4. The maximum atomic E-state index is 13.0. The molecule has 0 unspecified atom stereocenters. The normalized spacial score (nSPS) is 11.9. The van der Waals surface area contributed by atoms with Gasteiger partial charge in [0.2, 0.25) is 0 Å². The molecule has 3 amide bonds. The second-order valence-corrected chi connectivity index (χ2v) is 11.2. The lowest BCUT2D eigenvalue weighted by atomic mass is 9.93. The van der Waals surface area contributed by atoms with Crippen molar-refractivity contribution in [3.05, 3.63) is 101 Å². The van der Waals surface area contributed by atoms with E-state index in [1.54, 1.807) is 62.9 Å². The third-order valence-corrected chi connectivity index (χ3v) is 6.05. The van der Waals surface area contributed by atoms with E-state index in [2.05, 4.69) is 32.8 Å². The fraction of sp³-hybridized carbons (Fsp3) is 0.312.